The first-order valence-electron chi connectivity index (χ1n) is 7.89. The number of methoxy groups -OCH3 is 2. The zero-order valence-corrected chi connectivity index (χ0v) is 13.3. The molecule has 2 rings (SSSR count). The topological polar surface area (TPSA) is 52.6 Å². The average molecular weight is 304 g/mol. The van der Waals surface area contributed by atoms with Gasteiger partial charge in [0.15, 0.2) is 5.92 Å². The van der Waals surface area contributed by atoms with Gasteiger partial charge in [-0.2, -0.15) is 0 Å². The van der Waals surface area contributed by atoms with E-state index in [1.807, 2.05) is 30.3 Å². The van der Waals surface area contributed by atoms with Crippen LogP contribution in [0.2, 0.25) is 0 Å². The van der Waals surface area contributed by atoms with Crippen molar-refractivity contribution in [1.29, 1.82) is 0 Å². The summed E-state index contributed by atoms with van der Waals surface area (Å²) in [4.78, 5) is 24.5. The fourth-order valence-electron chi connectivity index (χ4n) is 3.55. The summed E-state index contributed by atoms with van der Waals surface area (Å²) in [6.45, 7) is 0. The van der Waals surface area contributed by atoms with E-state index in [9.17, 15) is 9.59 Å². The standard InChI is InChI=1S/C18H24O4/c1-21-17(19)16(18(20)22-2)15(13-9-5-3-6-10-13)14-11-7-4-8-12-14/h3,5-6,9-10,14-16H,4,7-8,11-12H2,1-2H3. The maximum Gasteiger partial charge on any atom is 0.320 e. The maximum absolute atomic E-state index is 12.2. The van der Waals surface area contributed by atoms with Crippen LogP contribution in [0, 0.1) is 11.8 Å². The Morgan fingerprint density at radius 2 is 1.50 bits per heavy atom. The number of benzene rings is 1. The van der Waals surface area contributed by atoms with Crippen LogP contribution in [0.4, 0.5) is 0 Å². The lowest BCUT2D eigenvalue weighted by atomic mass is 9.71. The molecule has 1 aromatic rings. The molecule has 0 aromatic heterocycles. The van der Waals surface area contributed by atoms with E-state index in [-0.39, 0.29) is 5.92 Å². The molecule has 120 valence electrons. The van der Waals surface area contributed by atoms with Crippen LogP contribution in [-0.2, 0) is 19.1 Å². The van der Waals surface area contributed by atoms with Crippen molar-refractivity contribution in [3.63, 3.8) is 0 Å². The summed E-state index contributed by atoms with van der Waals surface area (Å²) in [5.41, 5.74) is 1.01. The lowest BCUT2D eigenvalue weighted by molar-refractivity contribution is -0.161. The maximum atomic E-state index is 12.2. The second-order valence-corrected chi connectivity index (χ2v) is 5.86. The SMILES string of the molecule is COC(=O)C(C(=O)OC)C(c1ccccc1)C1CCCCC1. The molecule has 0 saturated heterocycles. The predicted molar refractivity (Wildman–Crippen MR) is 83.3 cm³/mol. The van der Waals surface area contributed by atoms with E-state index in [1.54, 1.807) is 0 Å². The molecule has 0 amide bonds. The highest BCUT2D eigenvalue weighted by atomic mass is 16.5. The lowest BCUT2D eigenvalue weighted by Crippen LogP contribution is -2.36. The van der Waals surface area contributed by atoms with Crippen LogP contribution in [0.15, 0.2) is 30.3 Å². The second kappa shape index (κ2) is 7.97. The van der Waals surface area contributed by atoms with E-state index < -0.39 is 17.9 Å². The Morgan fingerprint density at radius 1 is 0.955 bits per heavy atom. The lowest BCUT2D eigenvalue weighted by Gasteiger charge is -2.33. The third kappa shape index (κ3) is 3.67. The van der Waals surface area contributed by atoms with Gasteiger partial charge in [-0.15, -0.1) is 0 Å². The van der Waals surface area contributed by atoms with Gasteiger partial charge < -0.3 is 9.47 Å². The molecule has 0 spiro atoms. The molecular formula is C18H24O4. The summed E-state index contributed by atoms with van der Waals surface area (Å²) >= 11 is 0. The summed E-state index contributed by atoms with van der Waals surface area (Å²) in [5, 5.41) is 0. The third-order valence-electron chi connectivity index (χ3n) is 4.61. The molecule has 0 radical (unpaired) electrons. The molecule has 1 aromatic carbocycles. The summed E-state index contributed by atoms with van der Waals surface area (Å²) in [7, 11) is 2.64. The monoisotopic (exact) mass is 304 g/mol. The molecule has 1 aliphatic carbocycles. The van der Waals surface area contributed by atoms with Gasteiger partial charge in [0, 0.05) is 5.92 Å². The Kier molecular flexibility index (Phi) is 5.99. The minimum absolute atomic E-state index is 0.179. The highest BCUT2D eigenvalue weighted by Crippen LogP contribution is 2.41. The first-order valence-corrected chi connectivity index (χ1v) is 7.89. The molecule has 4 nitrogen and oxygen atoms in total. The molecule has 0 bridgehead atoms. The van der Waals surface area contributed by atoms with Gasteiger partial charge in [0.2, 0.25) is 0 Å². The van der Waals surface area contributed by atoms with Crippen LogP contribution in [-0.4, -0.2) is 26.2 Å². The number of carbonyl (C=O) groups is 2. The van der Waals surface area contributed by atoms with Crippen molar-refractivity contribution >= 4 is 11.9 Å². The van der Waals surface area contributed by atoms with Gasteiger partial charge in [0.05, 0.1) is 14.2 Å². The van der Waals surface area contributed by atoms with Crippen molar-refractivity contribution in [1.82, 2.24) is 0 Å². The summed E-state index contributed by atoms with van der Waals surface area (Å²) in [6.07, 6.45) is 5.57. The van der Waals surface area contributed by atoms with Crippen LogP contribution >= 0.6 is 0 Å². The Labute approximate surface area is 131 Å². The number of hydrogen-bond donors (Lipinski definition) is 0. The molecule has 1 atom stereocenters. The van der Waals surface area contributed by atoms with E-state index in [0.717, 1.165) is 31.2 Å². The molecule has 22 heavy (non-hydrogen) atoms. The molecule has 1 fully saturated rings. The van der Waals surface area contributed by atoms with E-state index in [4.69, 9.17) is 9.47 Å². The number of ether oxygens (including phenoxy) is 2. The van der Waals surface area contributed by atoms with Crippen LogP contribution in [0.3, 0.4) is 0 Å². The number of rotatable bonds is 5. The second-order valence-electron chi connectivity index (χ2n) is 5.86. The van der Waals surface area contributed by atoms with Crippen LogP contribution in [0.25, 0.3) is 0 Å². The molecule has 4 heteroatoms. The molecule has 1 saturated carbocycles. The smallest absolute Gasteiger partial charge is 0.320 e. The Balaban J connectivity index is 2.40. The minimum Gasteiger partial charge on any atom is -0.468 e. The molecule has 1 aliphatic rings. The third-order valence-corrected chi connectivity index (χ3v) is 4.61. The molecule has 1 unspecified atom stereocenters. The van der Waals surface area contributed by atoms with Crippen molar-refractivity contribution in [2.24, 2.45) is 11.8 Å². The van der Waals surface area contributed by atoms with Gasteiger partial charge in [-0.25, -0.2) is 0 Å². The van der Waals surface area contributed by atoms with E-state index in [1.165, 1.54) is 20.6 Å². The van der Waals surface area contributed by atoms with Gasteiger partial charge in [-0.3, -0.25) is 9.59 Å². The molecule has 0 aliphatic heterocycles. The zero-order valence-electron chi connectivity index (χ0n) is 13.3. The van der Waals surface area contributed by atoms with Crippen molar-refractivity contribution in [3.8, 4) is 0 Å². The Bertz CT molecular complexity index is 475. The fourth-order valence-corrected chi connectivity index (χ4v) is 3.55. The first-order chi connectivity index (χ1) is 10.7. The highest BCUT2D eigenvalue weighted by Gasteiger charge is 2.42. The van der Waals surface area contributed by atoms with Crippen molar-refractivity contribution in [2.45, 2.75) is 38.0 Å². The van der Waals surface area contributed by atoms with Gasteiger partial charge in [0.25, 0.3) is 0 Å². The van der Waals surface area contributed by atoms with Crippen molar-refractivity contribution in [3.05, 3.63) is 35.9 Å². The summed E-state index contributed by atoms with van der Waals surface area (Å²) in [5.74, 6) is -1.78. The van der Waals surface area contributed by atoms with Crippen LogP contribution in [0.1, 0.15) is 43.6 Å². The zero-order chi connectivity index (χ0) is 15.9. The Morgan fingerprint density at radius 3 is 2.00 bits per heavy atom. The number of hydrogen-bond acceptors (Lipinski definition) is 4. The molecular weight excluding hydrogens is 280 g/mol. The quantitative estimate of drug-likeness (QED) is 0.618. The van der Waals surface area contributed by atoms with Gasteiger partial charge in [0.1, 0.15) is 0 Å². The first kappa shape index (κ1) is 16.5. The summed E-state index contributed by atoms with van der Waals surface area (Å²) < 4.78 is 9.78. The number of carbonyl (C=O) groups excluding carboxylic acids is 2. The normalized spacial score (nSPS) is 17.0. The molecule has 0 N–H and O–H groups in total. The van der Waals surface area contributed by atoms with E-state index >= 15 is 0 Å². The minimum atomic E-state index is -0.888. The Hall–Kier alpha value is -1.84. The van der Waals surface area contributed by atoms with Crippen molar-refractivity contribution < 1.29 is 19.1 Å². The van der Waals surface area contributed by atoms with Gasteiger partial charge >= 0.3 is 11.9 Å². The highest BCUT2D eigenvalue weighted by molar-refractivity contribution is 5.96. The van der Waals surface area contributed by atoms with Crippen LogP contribution in [0.5, 0.6) is 0 Å². The summed E-state index contributed by atoms with van der Waals surface area (Å²) in [6, 6.07) is 9.79. The largest absolute Gasteiger partial charge is 0.468 e. The average Bonchev–Trinajstić information content (AvgIpc) is 2.59. The fraction of sp³-hybridized carbons (Fsp3) is 0.556. The van der Waals surface area contributed by atoms with Crippen molar-refractivity contribution in [2.75, 3.05) is 14.2 Å². The van der Waals surface area contributed by atoms with E-state index in [0.29, 0.717) is 5.92 Å². The van der Waals surface area contributed by atoms with E-state index in [2.05, 4.69) is 0 Å². The van der Waals surface area contributed by atoms with Gasteiger partial charge in [-0.05, 0) is 24.3 Å². The molecule has 0 heterocycles. The predicted octanol–water partition coefficient (Wildman–Crippen LogP) is 3.31. The number of esters is 2. The van der Waals surface area contributed by atoms with Crippen LogP contribution < -0.4 is 0 Å². The van der Waals surface area contributed by atoms with Gasteiger partial charge in [-0.1, -0.05) is 49.6 Å².